The first-order valence-corrected chi connectivity index (χ1v) is 6.05. The van der Waals surface area contributed by atoms with Crippen LogP contribution in [-0.4, -0.2) is 0 Å². The Labute approximate surface area is 98.5 Å². The molecule has 0 saturated heterocycles. The maximum absolute atomic E-state index is 6.10. The zero-order chi connectivity index (χ0) is 10.7. The highest BCUT2D eigenvalue weighted by Crippen LogP contribution is 2.26. The number of halogens is 1. The molecule has 0 bridgehead atoms. The molecule has 3 heteroatoms. The molecule has 0 amide bonds. The predicted octanol–water partition coefficient (Wildman–Crippen LogP) is 3.64. The van der Waals surface area contributed by atoms with Crippen molar-refractivity contribution >= 4 is 22.9 Å². The van der Waals surface area contributed by atoms with E-state index < -0.39 is 0 Å². The summed E-state index contributed by atoms with van der Waals surface area (Å²) < 4.78 is 0. The average molecular weight is 238 g/mol. The fourth-order valence-electron chi connectivity index (χ4n) is 1.49. The van der Waals surface area contributed by atoms with Gasteiger partial charge in [-0.25, -0.2) is 0 Å². The summed E-state index contributed by atoms with van der Waals surface area (Å²) in [6.45, 7) is 0. The van der Waals surface area contributed by atoms with E-state index >= 15 is 0 Å². The van der Waals surface area contributed by atoms with Crippen LogP contribution in [0.25, 0.3) is 0 Å². The molecule has 0 aliphatic heterocycles. The van der Waals surface area contributed by atoms with E-state index in [1.807, 2.05) is 41.8 Å². The summed E-state index contributed by atoms with van der Waals surface area (Å²) in [6, 6.07) is 12.0. The van der Waals surface area contributed by atoms with Gasteiger partial charge in [0.15, 0.2) is 0 Å². The van der Waals surface area contributed by atoms with Crippen molar-refractivity contribution in [2.45, 2.75) is 12.5 Å². The average Bonchev–Trinajstić information content (AvgIpc) is 2.66. The third kappa shape index (κ3) is 2.59. The Balaban J connectivity index is 2.11. The first kappa shape index (κ1) is 10.7. The zero-order valence-electron chi connectivity index (χ0n) is 8.19. The summed E-state index contributed by atoms with van der Waals surface area (Å²) >= 11 is 7.69. The second kappa shape index (κ2) is 4.79. The lowest BCUT2D eigenvalue weighted by molar-refractivity contribution is 0.730. The number of nitrogens with two attached hydrogens (primary N) is 1. The molecule has 0 aliphatic carbocycles. The Kier molecular flexibility index (Phi) is 3.41. The molecule has 2 rings (SSSR count). The molecule has 1 atom stereocenters. The maximum Gasteiger partial charge on any atom is 0.0545 e. The second-order valence-corrected chi connectivity index (χ2v) is 4.82. The van der Waals surface area contributed by atoms with E-state index in [0.29, 0.717) is 0 Å². The van der Waals surface area contributed by atoms with E-state index in [0.717, 1.165) is 21.9 Å². The van der Waals surface area contributed by atoms with E-state index in [2.05, 4.69) is 0 Å². The Morgan fingerprint density at radius 2 is 1.93 bits per heavy atom. The van der Waals surface area contributed by atoms with E-state index in [-0.39, 0.29) is 6.04 Å². The van der Waals surface area contributed by atoms with Crippen molar-refractivity contribution in [1.82, 2.24) is 0 Å². The van der Waals surface area contributed by atoms with Crippen LogP contribution in [0.1, 0.15) is 16.5 Å². The fraction of sp³-hybridized carbons (Fsp3) is 0.167. The molecule has 0 spiro atoms. The van der Waals surface area contributed by atoms with Crippen molar-refractivity contribution in [2.24, 2.45) is 5.73 Å². The van der Waals surface area contributed by atoms with Gasteiger partial charge in [0, 0.05) is 17.3 Å². The van der Waals surface area contributed by atoms with Crippen LogP contribution in [0.2, 0.25) is 5.02 Å². The largest absolute Gasteiger partial charge is 0.324 e. The highest BCUT2D eigenvalue weighted by atomic mass is 35.5. The SMILES string of the molecule is NC(Cc1sccc1Cl)c1ccccc1. The van der Waals surface area contributed by atoms with Gasteiger partial charge in [-0.2, -0.15) is 0 Å². The molecule has 0 radical (unpaired) electrons. The molecule has 2 N–H and O–H groups in total. The summed E-state index contributed by atoms with van der Waals surface area (Å²) in [6.07, 6.45) is 0.806. The van der Waals surface area contributed by atoms with Crippen LogP contribution in [0.15, 0.2) is 41.8 Å². The molecule has 1 nitrogen and oxygen atoms in total. The number of hydrogen-bond acceptors (Lipinski definition) is 2. The van der Waals surface area contributed by atoms with Gasteiger partial charge in [-0.1, -0.05) is 41.9 Å². The monoisotopic (exact) mass is 237 g/mol. The van der Waals surface area contributed by atoms with Gasteiger partial charge in [0.25, 0.3) is 0 Å². The molecule has 1 aromatic heterocycles. The minimum atomic E-state index is 0.0300. The van der Waals surface area contributed by atoms with Gasteiger partial charge < -0.3 is 5.73 Å². The number of hydrogen-bond donors (Lipinski definition) is 1. The molecule has 0 saturated carbocycles. The lowest BCUT2D eigenvalue weighted by Gasteiger charge is -2.10. The van der Waals surface area contributed by atoms with Gasteiger partial charge in [-0.15, -0.1) is 11.3 Å². The molecular weight excluding hydrogens is 226 g/mol. The zero-order valence-corrected chi connectivity index (χ0v) is 9.76. The summed E-state index contributed by atoms with van der Waals surface area (Å²) in [5, 5.41) is 2.82. The van der Waals surface area contributed by atoms with Crippen molar-refractivity contribution in [2.75, 3.05) is 0 Å². The molecule has 2 aromatic rings. The predicted molar refractivity (Wildman–Crippen MR) is 66.4 cm³/mol. The fourth-order valence-corrected chi connectivity index (χ4v) is 2.66. The standard InChI is InChI=1S/C12H12ClNS/c13-10-6-7-15-12(10)8-11(14)9-4-2-1-3-5-9/h1-7,11H,8,14H2. The van der Waals surface area contributed by atoms with Gasteiger partial charge in [-0.05, 0) is 17.0 Å². The van der Waals surface area contributed by atoms with E-state index in [1.54, 1.807) is 11.3 Å². The number of thiophene rings is 1. The van der Waals surface area contributed by atoms with Gasteiger partial charge in [0.2, 0.25) is 0 Å². The third-order valence-electron chi connectivity index (χ3n) is 2.32. The molecule has 1 heterocycles. The van der Waals surface area contributed by atoms with Crippen molar-refractivity contribution in [1.29, 1.82) is 0 Å². The Morgan fingerprint density at radius 3 is 2.53 bits per heavy atom. The smallest absolute Gasteiger partial charge is 0.0545 e. The molecule has 1 aromatic carbocycles. The van der Waals surface area contributed by atoms with Crippen LogP contribution < -0.4 is 5.73 Å². The van der Waals surface area contributed by atoms with Gasteiger partial charge in [-0.3, -0.25) is 0 Å². The highest BCUT2D eigenvalue weighted by Gasteiger charge is 2.09. The van der Waals surface area contributed by atoms with Crippen LogP contribution in [0.4, 0.5) is 0 Å². The quantitative estimate of drug-likeness (QED) is 0.867. The first-order valence-electron chi connectivity index (χ1n) is 4.80. The van der Waals surface area contributed by atoms with Gasteiger partial charge in [0.1, 0.15) is 0 Å². The summed E-state index contributed by atoms with van der Waals surface area (Å²) in [5.74, 6) is 0. The topological polar surface area (TPSA) is 26.0 Å². The van der Waals surface area contributed by atoms with E-state index in [1.165, 1.54) is 0 Å². The Hall–Kier alpha value is -0.830. The van der Waals surface area contributed by atoms with Crippen LogP contribution in [0.3, 0.4) is 0 Å². The normalized spacial score (nSPS) is 12.7. The Bertz CT molecular complexity index is 424. The molecule has 1 unspecified atom stereocenters. The van der Waals surface area contributed by atoms with E-state index in [9.17, 15) is 0 Å². The summed E-state index contributed by atoms with van der Waals surface area (Å²) in [7, 11) is 0. The van der Waals surface area contributed by atoms with Crippen LogP contribution in [0, 0.1) is 0 Å². The van der Waals surface area contributed by atoms with Gasteiger partial charge >= 0.3 is 0 Å². The Morgan fingerprint density at radius 1 is 1.20 bits per heavy atom. The lowest BCUT2D eigenvalue weighted by atomic mass is 10.0. The molecule has 15 heavy (non-hydrogen) atoms. The van der Waals surface area contributed by atoms with Crippen LogP contribution in [-0.2, 0) is 6.42 Å². The van der Waals surface area contributed by atoms with Crippen LogP contribution in [0.5, 0.6) is 0 Å². The van der Waals surface area contributed by atoms with Crippen molar-refractivity contribution in [3.63, 3.8) is 0 Å². The third-order valence-corrected chi connectivity index (χ3v) is 3.73. The molecule has 0 fully saturated rings. The molecule has 78 valence electrons. The summed E-state index contributed by atoms with van der Waals surface area (Å²) in [5.41, 5.74) is 7.26. The summed E-state index contributed by atoms with van der Waals surface area (Å²) in [4.78, 5) is 1.16. The molecule has 0 aliphatic rings. The second-order valence-electron chi connectivity index (χ2n) is 3.41. The van der Waals surface area contributed by atoms with Crippen molar-refractivity contribution in [3.05, 3.63) is 57.2 Å². The number of benzene rings is 1. The lowest BCUT2D eigenvalue weighted by Crippen LogP contribution is -2.12. The first-order chi connectivity index (χ1) is 7.27. The van der Waals surface area contributed by atoms with Crippen molar-refractivity contribution < 1.29 is 0 Å². The highest BCUT2D eigenvalue weighted by molar-refractivity contribution is 7.10. The van der Waals surface area contributed by atoms with Crippen molar-refractivity contribution in [3.8, 4) is 0 Å². The van der Waals surface area contributed by atoms with E-state index in [4.69, 9.17) is 17.3 Å². The minimum Gasteiger partial charge on any atom is -0.324 e. The maximum atomic E-state index is 6.10. The molecular formula is C12H12ClNS. The number of rotatable bonds is 3. The van der Waals surface area contributed by atoms with Crippen LogP contribution >= 0.6 is 22.9 Å². The minimum absolute atomic E-state index is 0.0300. The van der Waals surface area contributed by atoms with Gasteiger partial charge in [0.05, 0.1) is 5.02 Å².